The number of likely N-dealkylation sites (tertiary alicyclic amines) is 1. The summed E-state index contributed by atoms with van der Waals surface area (Å²) in [5, 5.41) is 0.537. The van der Waals surface area contributed by atoms with Crippen LogP contribution in [0.5, 0.6) is 5.75 Å². The molecule has 2 fully saturated rings. The van der Waals surface area contributed by atoms with E-state index in [-0.39, 0.29) is 29.4 Å². The first-order valence-electron chi connectivity index (χ1n) is 13.7. The lowest BCUT2D eigenvalue weighted by Crippen LogP contribution is -2.57. The van der Waals surface area contributed by atoms with Crippen molar-refractivity contribution >= 4 is 28.5 Å². The van der Waals surface area contributed by atoms with Crippen molar-refractivity contribution in [3.05, 3.63) is 65.1 Å². The fourth-order valence-electron chi connectivity index (χ4n) is 5.64. The van der Waals surface area contributed by atoms with Crippen molar-refractivity contribution < 1.29 is 23.5 Å². The molecule has 2 atom stereocenters. The third-order valence-electron chi connectivity index (χ3n) is 7.82. The van der Waals surface area contributed by atoms with E-state index < -0.39 is 11.7 Å². The number of hydrogen-bond donors (Lipinski definition) is 1. The summed E-state index contributed by atoms with van der Waals surface area (Å²) >= 11 is 0. The molecule has 2 aromatic carbocycles. The molecule has 1 aromatic heterocycles. The van der Waals surface area contributed by atoms with Crippen molar-refractivity contribution in [2.45, 2.75) is 52.2 Å². The molecule has 5 rings (SSSR count). The minimum atomic E-state index is -0.567. The molecule has 0 radical (unpaired) electrons. The number of hydrogen-bond acceptors (Lipinski definition) is 5. The molecule has 206 valence electrons. The van der Waals surface area contributed by atoms with Gasteiger partial charge >= 0.3 is 0 Å². The molecule has 2 aliphatic heterocycles. The summed E-state index contributed by atoms with van der Waals surface area (Å²) in [7, 11) is 0. The van der Waals surface area contributed by atoms with Crippen LogP contribution in [0.2, 0.25) is 0 Å². The molecule has 0 aliphatic carbocycles. The summed E-state index contributed by atoms with van der Waals surface area (Å²) in [6.45, 7) is 9.35. The van der Waals surface area contributed by atoms with E-state index in [0.717, 1.165) is 18.4 Å². The van der Waals surface area contributed by atoms with Gasteiger partial charge in [0.2, 0.25) is 0 Å². The number of aromatic amines is 1. The third-order valence-corrected chi connectivity index (χ3v) is 7.82. The van der Waals surface area contributed by atoms with E-state index in [0.29, 0.717) is 61.5 Å². The number of halogens is 1. The molecule has 0 bridgehead atoms. The van der Waals surface area contributed by atoms with Crippen LogP contribution in [0.15, 0.2) is 42.6 Å². The van der Waals surface area contributed by atoms with Crippen LogP contribution in [0.4, 0.5) is 4.39 Å². The number of carbonyl (C=O) groups excluding carboxylic acids is 3. The van der Waals surface area contributed by atoms with Crippen LogP contribution in [0.25, 0.3) is 10.9 Å². The Morgan fingerprint density at radius 2 is 1.72 bits per heavy atom. The van der Waals surface area contributed by atoms with Gasteiger partial charge in [0.25, 0.3) is 17.6 Å². The van der Waals surface area contributed by atoms with Crippen molar-refractivity contribution in [3.63, 3.8) is 0 Å². The maximum absolute atomic E-state index is 14.0. The number of nitrogens with one attached hydrogen (secondary N) is 1. The number of ketones is 1. The summed E-state index contributed by atoms with van der Waals surface area (Å²) in [6.07, 6.45) is 3.35. The minimum absolute atomic E-state index is 0.0802. The number of nitrogens with zero attached hydrogens (tertiary/aromatic N) is 3. The molecular weight excluding hydrogens is 499 g/mol. The zero-order valence-corrected chi connectivity index (χ0v) is 22.7. The average Bonchev–Trinajstić information content (AvgIpc) is 3.61. The molecule has 2 saturated heterocycles. The quantitative estimate of drug-likeness (QED) is 0.362. The van der Waals surface area contributed by atoms with Gasteiger partial charge in [-0.2, -0.15) is 0 Å². The maximum atomic E-state index is 14.0. The molecule has 1 N–H and O–H groups in total. The fraction of sp³-hybridized carbons (Fsp3) is 0.433. The van der Waals surface area contributed by atoms with Gasteiger partial charge in [-0.1, -0.05) is 12.1 Å². The summed E-state index contributed by atoms with van der Waals surface area (Å²) < 4.78 is 19.2. The Morgan fingerprint density at radius 1 is 1.00 bits per heavy atom. The Labute approximate surface area is 227 Å². The standard InChI is InChI=1S/C30H35FN4O4/c1-4-39-27-14-26-23(25(15-32-26)28(36)30(38)33-11-5-6-12-33)13-24(27)29(37)35-17-19(2)34(16-20(35)3)18-21-7-9-22(31)10-8-21/h7-10,13-15,19-20,32H,4-6,11-12,16-18H2,1-3H3/t19-,20+/m0/s1. The van der Waals surface area contributed by atoms with Gasteiger partial charge in [-0.15, -0.1) is 0 Å². The van der Waals surface area contributed by atoms with Crippen LogP contribution >= 0.6 is 0 Å². The first kappa shape index (κ1) is 26.9. The molecular formula is C30H35FN4O4. The lowest BCUT2D eigenvalue weighted by Gasteiger charge is -2.44. The molecule has 39 heavy (non-hydrogen) atoms. The monoisotopic (exact) mass is 534 g/mol. The number of rotatable bonds is 7. The van der Waals surface area contributed by atoms with Gasteiger partial charge in [-0.25, -0.2) is 4.39 Å². The highest BCUT2D eigenvalue weighted by Gasteiger charge is 2.34. The normalized spacial score (nSPS) is 20.0. The molecule has 0 spiro atoms. The predicted molar refractivity (Wildman–Crippen MR) is 146 cm³/mol. The topological polar surface area (TPSA) is 85.9 Å². The first-order valence-corrected chi connectivity index (χ1v) is 13.7. The van der Waals surface area contributed by atoms with Gasteiger partial charge in [0.1, 0.15) is 11.6 Å². The lowest BCUT2D eigenvalue weighted by atomic mass is 10.0. The average molecular weight is 535 g/mol. The summed E-state index contributed by atoms with van der Waals surface area (Å²) in [5.41, 5.74) is 2.30. The van der Waals surface area contributed by atoms with Gasteiger partial charge < -0.3 is 19.5 Å². The molecule has 3 aromatic rings. The molecule has 8 nitrogen and oxygen atoms in total. The van der Waals surface area contributed by atoms with Crippen LogP contribution in [-0.2, 0) is 11.3 Å². The van der Waals surface area contributed by atoms with Crippen LogP contribution in [0.3, 0.4) is 0 Å². The van der Waals surface area contributed by atoms with Crippen molar-refractivity contribution in [2.24, 2.45) is 0 Å². The summed E-state index contributed by atoms with van der Waals surface area (Å²) in [5.74, 6) is -1.07. The highest BCUT2D eigenvalue weighted by molar-refractivity contribution is 6.45. The molecule has 9 heteroatoms. The van der Waals surface area contributed by atoms with Gasteiger partial charge in [0, 0.05) is 68.0 Å². The number of piperazine rings is 1. The largest absolute Gasteiger partial charge is 0.493 e. The molecule has 0 saturated carbocycles. The zero-order valence-electron chi connectivity index (χ0n) is 22.7. The Kier molecular flexibility index (Phi) is 7.70. The Hall–Kier alpha value is -3.72. The summed E-state index contributed by atoms with van der Waals surface area (Å²) in [6, 6.07) is 9.94. The molecule has 3 heterocycles. The van der Waals surface area contributed by atoms with Gasteiger partial charge in [-0.05, 0) is 57.4 Å². The smallest absolute Gasteiger partial charge is 0.295 e. The van der Waals surface area contributed by atoms with Crippen molar-refractivity contribution in [3.8, 4) is 5.75 Å². The Bertz CT molecular complexity index is 1380. The number of aromatic nitrogens is 1. The van der Waals surface area contributed by atoms with Crippen molar-refractivity contribution in [2.75, 3.05) is 32.8 Å². The van der Waals surface area contributed by atoms with E-state index in [4.69, 9.17) is 4.74 Å². The lowest BCUT2D eigenvalue weighted by molar-refractivity contribution is -0.125. The highest BCUT2D eigenvalue weighted by atomic mass is 19.1. The second kappa shape index (κ2) is 11.2. The van der Waals surface area contributed by atoms with Crippen LogP contribution < -0.4 is 4.74 Å². The van der Waals surface area contributed by atoms with E-state index in [2.05, 4.69) is 16.8 Å². The van der Waals surface area contributed by atoms with E-state index in [9.17, 15) is 18.8 Å². The Balaban J connectivity index is 1.40. The maximum Gasteiger partial charge on any atom is 0.295 e. The predicted octanol–water partition coefficient (Wildman–Crippen LogP) is 4.25. The first-order chi connectivity index (χ1) is 18.8. The number of H-pyrrole nitrogens is 1. The fourth-order valence-corrected chi connectivity index (χ4v) is 5.64. The molecule has 2 amide bonds. The third kappa shape index (κ3) is 5.41. The van der Waals surface area contributed by atoms with Crippen LogP contribution in [0, 0.1) is 5.82 Å². The zero-order chi connectivity index (χ0) is 27.7. The van der Waals surface area contributed by atoms with E-state index in [1.54, 1.807) is 35.4 Å². The number of amides is 2. The molecule has 0 unspecified atom stereocenters. The number of carbonyl (C=O) groups is 3. The van der Waals surface area contributed by atoms with Crippen molar-refractivity contribution in [1.29, 1.82) is 0 Å². The van der Waals surface area contributed by atoms with E-state index in [1.165, 1.54) is 12.1 Å². The van der Waals surface area contributed by atoms with Gasteiger partial charge in [0.05, 0.1) is 17.7 Å². The van der Waals surface area contributed by atoms with E-state index in [1.807, 2.05) is 18.7 Å². The summed E-state index contributed by atoms with van der Waals surface area (Å²) in [4.78, 5) is 48.7. The van der Waals surface area contributed by atoms with Gasteiger partial charge in [-0.3, -0.25) is 19.3 Å². The van der Waals surface area contributed by atoms with Crippen molar-refractivity contribution in [1.82, 2.24) is 19.7 Å². The van der Waals surface area contributed by atoms with Crippen LogP contribution in [0.1, 0.15) is 59.9 Å². The van der Waals surface area contributed by atoms with E-state index >= 15 is 0 Å². The number of ether oxygens (including phenoxy) is 1. The molecule has 2 aliphatic rings. The second-order valence-corrected chi connectivity index (χ2v) is 10.6. The Morgan fingerprint density at radius 3 is 2.41 bits per heavy atom. The van der Waals surface area contributed by atoms with Gasteiger partial charge in [0.15, 0.2) is 0 Å². The number of Topliss-reactive ketones (excluding diaryl/α,β-unsaturated/α-hetero) is 1. The second-order valence-electron chi connectivity index (χ2n) is 10.6. The SMILES string of the molecule is CCOc1cc2[nH]cc(C(=O)C(=O)N3CCCC3)c2cc1C(=O)N1C[C@H](C)N(Cc2ccc(F)cc2)C[C@H]1C. The van der Waals surface area contributed by atoms with Crippen LogP contribution in [-0.4, -0.2) is 82.2 Å². The minimum Gasteiger partial charge on any atom is -0.493 e. The number of benzene rings is 2. The highest BCUT2D eigenvalue weighted by Crippen LogP contribution is 2.31. The number of fused-ring (bicyclic) bond motifs is 1.